The molecule has 0 aliphatic heterocycles. The fraction of sp³-hybridized carbons (Fsp3) is 0.263. The van der Waals surface area contributed by atoms with Crippen LogP contribution in [0.3, 0.4) is 0 Å². The molecular formula is C19H18F4N2O2. The molecule has 0 spiro atoms. The zero-order valence-corrected chi connectivity index (χ0v) is 14.5. The molecule has 2 amide bonds. The third-order valence-electron chi connectivity index (χ3n) is 3.86. The number of rotatable bonds is 6. The first-order valence-electron chi connectivity index (χ1n) is 8.14. The van der Waals surface area contributed by atoms with E-state index in [4.69, 9.17) is 0 Å². The number of anilines is 1. The Balaban J connectivity index is 1.99. The second-order valence-corrected chi connectivity index (χ2v) is 5.84. The van der Waals surface area contributed by atoms with Crippen molar-refractivity contribution in [3.63, 3.8) is 0 Å². The number of alkyl halides is 3. The molecule has 4 nitrogen and oxygen atoms in total. The van der Waals surface area contributed by atoms with E-state index in [1.807, 2.05) is 0 Å². The molecule has 0 aliphatic carbocycles. The van der Waals surface area contributed by atoms with Gasteiger partial charge in [-0.25, -0.2) is 4.39 Å². The number of benzene rings is 2. The van der Waals surface area contributed by atoms with E-state index in [1.54, 1.807) is 6.07 Å². The van der Waals surface area contributed by atoms with Crippen LogP contribution in [-0.2, 0) is 22.3 Å². The van der Waals surface area contributed by atoms with Gasteiger partial charge in [-0.3, -0.25) is 9.59 Å². The molecule has 144 valence electrons. The average Bonchev–Trinajstić information content (AvgIpc) is 2.60. The Morgan fingerprint density at radius 1 is 1.07 bits per heavy atom. The number of hydrogen-bond acceptors (Lipinski definition) is 2. The SMILES string of the molecule is CC(=O)N(CCC(=O)NCc1ccccc1F)c1cccc(C(F)(F)F)c1. The van der Waals surface area contributed by atoms with E-state index in [1.165, 1.54) is 37.3 Å². The van der Waals surface area contributed by atoms with Crippen molar-refractivity contribution in [1.29, 1.82) is 0 Å². The Hall–Kier alpha value is -2.90. The summed E-state index contributed by atoms with van der Waals surface area (Å²) >= 11 is 0. The maximum Gasteiger partial charge on any atom is 0.416 e. The van der Waals surface area contributed by atoms with Crippen molar-refractivity contribution in [2.45, 2.75) is 26.1 Å². The van der Waals surface area contributed by atoms with Gasteiger partial charge in [0, 0.05) is 37.7 Å². The molecule has 0 saturated heterocycles. The topological polar surface area (TPSA) is 49.4 Å². The van der Waals surface area contributed by atoms with Crippen molar-refractivity contribution in [2.75, 3.05) is 11.4 Å². The predicted octanol–water partition coefficient (Wildman–Crippen LogP) is 3.90. The molecule has 2 aromatic carbocycles. The molecule has 0 radical (unpaired) electrons. The number of carbonyl (C=O) groups excluding carboxylic acids is 2. The van der Waals surface area contributed by atoms with Crippen LogP contribution in [0.15, 0.2) is 48.5 Å². The lowest BCUT2D eigenvalue weighted by Crippen LogP contribution is -2.34. The molecule has 0 unspecified atom stereocenters. The van der Waals surface area contributed by atoms with E-state index in [0.29, 0.717) is 5.56 Å². The van der Waals surface area contributed by atoms with Gasteiger partial charge < -0.3 is 10.2 Å². The molecular weight excluding hydrogens is 364 g/mol. The Morgan fingerprint density at radius 2 is 1.78 bits per heavy atom. The van der Waals surface area contributed by atoms with Crippen molar-refractivity contribution < 1.29 is 27.2 Å². The number of carbonyl (C=O) groups is 2. The molecule has 0 fully saturated rings. The smallest absolute Gasteiger partial charge is 0.352 e. The van der Waals surface area contributed by atoms with Crippen LogP contribution in [0.4, 0.5) is 23.2 Å². The average molecular weight is 382 g/mol. The van der Waals surface area contributed by atoms with E-state index in [2.05, 4.69) is 5.32 Å². The highest BCUT2D eigenvalue weighted by atomic mass is 19.4. The van der Waals surface area contributed by atoms with Gasteiger partial charge >= 0.3 is 6.18 Å². The molecule has 0 saturated carbocycles. The lowest BCUT2D eigenvalue weighted by molar-refractivity contribution is -0.137. The molecule has 0 aromatic heterocycles. The highest BCUT2D eigenvalue weighted by Gasteiger charge is 2.31. The third-order valence-corrected chi connectivity index (χ3v) is 3.86. The molecule has 27 heavy (non-hydrogen) atoms. The summed E-state index contributed by atoms with van der Waals surface area (Å²) in [6.07, 6.45) is -4.67. The fourth-order valence-corrected chi connectivity index (χ4v) is 2.46. The van der Waals surface area contributed by atoms with Gasteiger partial charge in [0.05, 0.1) is 5.56 Å². The molecule has 8 heteroatoms. The molecule has 2 rings (SSSR count). The summed E-state index contributed by atoms with van der Waals surface area (Å²) in [7, 11) is 0. The van der Waals surface area contributed by atoms with Crippen molar-refractivity contribution >= 4 is 17.5 Å². The fourth-order valence-electron chi connectivity index (χ4n) is 2.46. The summed E-state index contributed by atoms with van der Waals surface area (Å²) in [5, 5.41) is 2.52. The van der Waals surface area contributed by atoms with Crippen LogP contribution in [0, 0.1) is 5.82 Å². The lowest BCUT2D eigenvalue weighted by Gasteiger charge is -2.22. The van der Waals surface area contributed by atoms with E-state index < -0.39 is 29.4 Å². The third kappa shape index (κ3) is 5.80. The predicted molar refractivity (Wildman–Crippen MR) is 92.3 cm³/mol. The maximum absolute atomic E-state index is 13.5. The van der Waals surface area contributed by atoms with Crippen LogP contribution in [0.5, 0.6) is 0 Å². The zero-order chi connectivity index (χ0) is 20.0. The molecule has 0 bridgehead atoms. The van der Waals surface area contributed by atoms with Crippen LogP contribution >= 0.6 is 0 Å². The van der Waals surface area contributed by atoms with Gasteiger partial charge in [-0.2, -0.15) is 13.2 Å². The Labute approximate surface area is 153 Å². The van der Waals surface area contributed by atoms with Crippen LogP contribution in [-0.4, -0.2) is 18.4 Å². The lowest BCUT2D eigenvalue weighted by atomic mass is 10.1. The molecule has 0 atom stereocenters. The number of nitrogens with zero attached hydrogens (tertiary/aromatic N) is 1. The summed E-state index contributed by atoms with van der Waals surface area (Å²) in [6.45, 7) is 1.09. The van der Waals surface area contributed by atoms with Gasteiger partial charge in [-0.15, -0.1) is 0 Å². The second kappa shape index (κ2) is 8.66. The van der Waals surface area contributed by atoms with Gasteiger partial charge in [0.2, 0.25) is 11.8 Å². The van der Waals surface area contributed by atoms with Crippen molar-refractivity contribution in [2.24, 2.45) is 0 Å². The van der Waals surface area contributed by atoms with E-state index in [0.717, 1.165) is 17.0 Å². The summed E-state index contributed by atoms with van der Waals surface area (Å²) in [5.41, 5.74) is -0.512. The standard InChI is InChI=1S/C19H18F4N2O2/c1-13(26)25(16-7-4-6-15(11-16)19(21,22)23)10-9-18(27)24-12-14-5-2-3-8-17(14)20/h2-8,11H,9-10,12H2,1H3,(H,24,27). The van der Waals surface area contributed by atoms with Crippen molar-refractivity contribution in [1.82, 2.24) is 5.32 Å². The first-order valence-corrected chi connectivity index (χ1v) is 8.14. The number of hydrogen-bond donors (Lipinski definition) is 1. The summed E-state index contributed by atoms with van der Waals surface area (Å²) in [5.74, 6) is -1.39. The highest BCUT2D eigenvalue weighted by molar-refractivity contribution is 5.92. The Morgan fingerprint density at radius 3 is 2.41 bits per heavy atom. The van der Waals surface area contributed by atoms with Gasteiger partial charge in [0.15, 0.2) is 0 Å². The minimum absolute atomic E-state index is 0.0187. The van der Waals surface area contributed by atoms with Crippen LogP contribution in [0.2, 0.25) is 0 Å². The molecule has 0 aliphatic rings. The monoisotopic (exact) mass is 382 g/mol. The number of amides is 2. The normalized spacial score (nSPS) is 11.1. The summed E-state index contributed by atoms with van der Waals surface area (Å²) in [4.78, 5) is 24.9. The van der Waals surface area contributed by atoms with Crippen LogP contribution < -0.4 is 10.2 Å². The first kappa shape index (κ1) is 20.4. The van der Waals surface area contributed by atoms with Crippen LogP contribution in [0.1, 0.15) is 24.5 Å². The van der Waals surface area contributed by atoms with Gasteiger partial charge in [0.1, 0.15) is 5.82 Å². The van der Waals surface area contributed by atoms with Crippen molar-refractivity contribution in [3.05, 3.63) is 65.5 Å². The van der Waals surface area contributed by atoms with Crippen molar-refractivity contribution in [3.8, 4) is 0 Å². The summed E-state index contributed by atoms with van der Waals surface area (Å²) < 4.78 is 52.0. The van der Waals surface area contributed by atoms with E-state index in [9.17, 15) is 27.2 Å². The Bertz CT molecular complexity index is 821. The molecule has 0 heterocycles. The highest BCUT2D eigenvalue weighted by Crippen LogP contribution is 2.31. The quantitative estimate of drug-likeness (QED) is 0.771. The van der Waals surface area contributed by atoms with Crippen LogP contribution in [0.25, 0.3) is 0 Å². The molecule has 2 aromatic rings. The summed E-state index contributed by atoms with van der Waals surface area (Å²) in [6, 6.07) is 10.3. The maximum atomic E-state index is 13.5. The first-order chi connectivity index (χ1) is 12.7. The number of nitrogens with one attached hydrogen (secondary N) is 1. The number of halogens is 4. The minimum Gasteiger partial charge on any atom is -0.352 e. The zero-order valence-electron chi connectivity index (χ0n) is 14.5. The second-order valence-electron chi connectivity index (χ2n) is 5.84. The van der Waals surface area contributed by atoms with Gasteiger partial charge in [-0.1, -0.05) is 24.3 Å². The van der Waals surface area contributed by atoms with E-state index >= 15 is 0 Å². The Kier molecular flexibility index (Phi) is 6.55. The minimum atomic E-state index is -4.53. The largest absolute Gasteiger partial charge is 0.416 e. The van der Waals surface area contributed by atoms with Gasteiger partial charge in [0.25, 0.3) is 0 Å². The van der Waals surface area contributed by atoms with Gasteiger partial charge in [-0.05, 0) is 24.3 Å². The molecule has 1 N–H and O–H groups in total. The van der Waals surface area contributed by atoms with E-state index in [-0.39, 0.29) is 25.2 Å².